The summed E-state index contributed by atoms with van der Waals surface area (Å²) in [5.41, 5.74) is 0. The number of carboxylic acids is 1. The topological polar surface area (TPSA) is 121 Å². The molecule has 1 aliphatic heterocycles. The van der Waals surface area contributed by atoms with Crippen molar-refractivity contribution < 1.29 is 26.7 Å². The lowest BCUT2D eigenvalue weighted by Gasteiger charge is -2.35. The van der Waals surface area contributed by atoms with E-state index in [1.165, 1.54) is 12.1 Å². The van der Waals surface area contributed by atoms with E-state index in [4.69, 9.17) is 5.11 Å². The Morgan fingerprint density at radius 3 is 2.32 bits per heavy atom. The number of hydrogen-bond donors (Lipinski definition) is 2. The summed E-state index contributed by atoms with van der Waals surface area (Å²) in [5, 5.41) is 8.71. The lowest BCUT2D eigenvalue weighted by molar-refractivity contribution is -0.145. The van der Waals surface area contributed by atoms with Crippen LogP contribution in [-0.4, -0.2) is 57.6 Å². The monoisotopic (exact) mass is 348 g/mol. The van der Waals surface area contributed by atoms with Crippen molar-refractivity contribution in [2.45, 2.75) is 4.90 Å². The Labute approximate surface area is 128 Å². The fraction of sp³-hybridized carbons (Fsp3) is 0.417. The molecule has 0 unspecified atom stereocenters. The van der Waals surface area contributed by atoms with Crippen LogP contribution < -0.4 is 4.72 Å². The Hall–Kier alpha value is -1.49. The van der Waals surface area contributed by atoms with Crippen LogP contribution >= 0.6 is 0 Å². The maximum Gasteiger partial charge on any atom is 0.309 e. The SMILES string of the molecule is O=C(O)C1CN(S(=O)(=O)CCNS(=O)(=O)c2ccccc2)C1. The predicted molar refractivity (Wildman–Crippen MR) is 78.1 cm³/mol. The van der Waals surface area contributed by atoms with Crippen molar-refractivity contribution in [2.75, 3.05) is 25.4 Å². The van der Waals surface area contributed by atoms with E-state index in [1.54, 1.807) is 18.2 Å². The molecule has 1 fully saturated rings. The van der Waals surface area contributed by atoms with Gasteiger partial charge < -0.3 is 5.11 Å². The number of sulfonamides is 2. The molecule has 0 aliphatic carbocycles. The lowest BCUT2D eigenvalue weighted by Crippen LogP contribution is -2.54. The molecule has 1 heterocycles. The number of aliphatic carboxylic acids is 1. The Bertz CT molecular complexity index is 739. The Balaban J connectivity index is 1.87. The van der Waals surface area contributed by atoms with Gasteiger partial charge in [0.25, 0.3) is 0 Å². The number of benzene rings is 1. The van der Waals surface area contributed by atoms with Crippen molar-refractivity contribution in [1.82, 2.24) is 9.03 Å². The number of hydrogen-bond acceptors (Lipinski definition) is 5. The van der Waals surface area contributed by atoms with Crippen LogP contribution in [-0.2, 0) is 24.8 Å². The molecule has 0 saturated carbocycles. The minimum Gasteiger partial charge on any atom is -0.481 e. The van der Waals surface area contributed by atoms with E-state index in [1.807, 2.05) is 0 Å². The van der Waals surface area contributed by atoms with Crippen LogP contribution in [0.5, 0.6) is 0 Å². The maximum absolute atomic E-state index is 11.9. The molecule has 0 spiro atoms. The average molecular weight is 348 g/mol. The first-order valence-electron chi connectivity index (χ1n) is 6.48. The van der Waals surface area contributed by atoms with Gasteiger partial charge in [0.1, 0.15) is 0 Å². The zero-order valence-electron chi connectivity index (χ0n) is 11.5. The van der Waals surface area contributed by atoms with Crippen molar-refractivity contribution in [3.8, 4) is 0 Å². The van der Waals surface area contributed by atoms with E-state index in [-0.39, 0.29) is 24.5 Å². The molecule has 0 atom stereocenters. The first-order chi connectivity index (χ1) is 10.2. The zero-order valence-corrected chi connectivity index (χ0v) is 13.2. The van der Waals surface area contributed by atoms with Crippen LogP contribution in [0.3, 0.4) is 0 Å². The van der Waals surface area contributed by atoms with Gasteiger partial charge in [0.15, 0.2) is 0 Å². The highest BCUT2D eigenvalue weighted by atomic mass is 32.2. The number of rotatable bonds is 7. The zero-order chi connectivity index (χ0) is 16.4. The summed E-state index contributed by atoms with van der Waals surface area (Å²) in [4.78, 5) is 10.7. The van der Waals surface area contributed by atoms with Crippen LogP contribution in [0.2, 0.25) is 0 Å². The summed E-state index contributed by atoms with van der Waals surface area (Å²) in [6.45, 7) is -0.403. The van der Waals surface area contributed by atoms with Gasteiger partial charge in [-0.15, -0.1) is 0 Å². The first-order valence-corrected chi connectivity index (χ1v) is 9.57. The summed E-state index contributed by atoms with van der Waals surface area (Å²) < 4.78 is 50.9. The van der Waals surface area contributed by atoms with Gasteiger partial charge in [0.2, 0.25) is 20.0 Å². The number of nitrogens with zero attached hydrogens (tertiary/aromatic N) is 1. The molecule has 2 N–H and O–H groups in total. The molecule has 1 aromatic rings. The Morgan fingerprint density at radius 1 is 1.18 bits per heavy atom. The van der Waals surface area contributed by atoms with E-state index >= 15 is 0 Å². The molecule has 22 heavy (non-hydrogen) atoms. The van der Waals surface area contributed by atoms with Gasteiger partial charge >= 0.3 is 5.97 Å². The second-order valence-corrected chi connectivity index (χ2v) is 8.73. The van der Waals surface area contributed by atoms with Crippen molar-refractivity contribution in [1.29, 1.82) is 0 Å². The second-order valence-electron chi connectivity index (χ2n) is 4.88. The minimum atomic E-state index is -3.75. The second kappa shape index (κ2) is 6.32. The van der Waals surface area contributed by atoms with Crippen LogP contribution in [0.1, 0.15) is 0 Å². The molecule has 10 heteroatoms. The molecule has 1 aromatic carbocycles. The lowest BCUT2D eigenvalue weighted by atomic mass is 10.0. The van der Waals surface area contributed by atoms with Crippen molar-refractivity contribution in [2.24, 2.45) is 5.92 Å². The Morgan fingerprint density at radius 2 is 1.77 bits per heavy atom. The van der Waals surface area contributed by atoms with Crippen molar-refractivity contribution >= 4 is 26.0 Å². The molecule has 0 aromatic heterocycles. The van der Waals surface area contributed by atoms with E-state index in [2.05, 4.69) is 4.72 Å². The highest BCUT2D eigenvalue weighted by Crippen LogP contribution is 2.19. The summed E-state index contributed by atoms with van der Waals surface area (Å²) in [6.07, 6.45) is 0. The third-order valence-corrected chi connectivity index (χ3v) is 6.58. The van der Waals surface area contributed by atoms with Gasteiger partial charge in [-0.2, -0.15) is 0 Å². The van der Waals surface area contributed by atoms with E-state index in [9.17, 15) is 21.6 Å². The van der Waals surface area contributed by atoms with Gasteiger partial charge in [0, 0.05) is 19.6 Å². The van der Waals surface area contributed by atoms with E-state index in [0.29, 0.717) is 0 Å². The summed E-state index contributed by atoms with van der Waals surface area (Å²) in [7, 11) is -7.40. The molecule has 0 amide bonds. The molecule has 1 aliphatic rings. The first kappa shape index (κ1) is 16.9. The highest BCUT2D eigenvalue weighted by molar-refractivity contribution is 7.90. The quantitative estimate of drug-likeness (QED) is 0.673. The normalized spacial score (nSPS) is 17.1. The summed E-state index contributed by atoms with van der Waals surface area (Å²) in [6, 6.07) is 7.62. The third-order valence-electron chi connectivity index (χ3n) is 3.30. The molecule has 8 nitrogen and oxygen atoms in total. The molecule has 2 rings (SSSR count). The molecular weight excluding hydrogens is 332 g/mol. The fourth-order valence-electron chi connectivity index (χ4n) is 1.94. The van der Waals surface area contributed by atoms with Crippen LogP contribution in [0.15, 0.2) is 35.2 Å². The van der Waals surface area contributed by atoms with Crippen LogP contribution in [0.4, 0.5) is 0 Å². The number of carbonyl (C=O) groups is 1. The number of carboxylic acid groups (broad SMARTS) is 1. The van der Waals surface area contributed by atoms with Gasteiger partial charge in [-0.05, 0) is 12.1 Å². The highest BCUT2D eigenvalue weighted by Gasteiger charge is 2.39. The molecular formula is C12H16N2O6S2. The van der Waals surface area contributed by atoms with Gasteiger partial charge in [0.05, 0.1) is 16.6 Å². The number of nitrogens with one attached hydrogen (secondary N) is 1. The third kappa shape index (κ3) is 3.83. The summed E-state index contributed by atoms with van der Waals surface area (Å²) >= 11 is 0. The average Bonchev–Trinajstić information content (AvgIpc) is 2.36. The maximum atomic E-state index is 11.9. The van der Waals surface area contributed by atoms with Crippen LogP contribution in [0.25, 0.3) is 0 Å². The van der Waals surface area contributed by atoms with Gasteiger partial charge in [-0.25, -0.2) is 25.9 Å². The summed E-state index contributed by atoms with van der Waals surface area (Å²) in [5.74, 6) is -2.13. The van der Waals surface area contributed by atoms with Crippen molar-refractivity contribution in [3.05, 3.63) is 30.3 Å². The van der Waals surface area contributed by atoms with E-state index < -0.39 is 37.7 Å². The van der Waals surface area contributed by atoms with Gasteiger partial charge in [-0.3, -0.25) is 4.79 Å². The molecule has 0 radical (unpaired) electrons. The standard InChI is InChI=1S/C12H16N2O6S2/c15-12(16)10-8-14(9-10)21(17,18)7-6-13-22(19,20)11-4-2-1-3-5-11/h1-5,10,13H,6-9H2,(H,15,16). The van der Waals surface area contributed by atoms with Crippen LogP contribution in [0, 0.1) is 5.92 Å². The molecule has 122 valence electrons. The molecule has 0 bridgehead atoms. The van der Waals surface area contributed by atoms with Gasteiger partial charge in [-0.1, -0.05) is 18.2 Å². The predicted octanol–water partition coefficient (Wildman–Crippen LogP) is -0.689. The smallest absolute Gasteiger partial charge is 0.309 e. The van der Waals surface area contributed by atoms with E-state index in [0.717, 1.165) is 4.31 Å². The van der Waals surface area contributed by atoms with Crippen molar-refractivity contribution in [3.63, 3.8) is 0 Å². The minimum absolute atomic E-state index is 0.0577. The largest absolute Gasteiger partial charge is 0.481 e. The fourth-order valence-corrected chi connectivity index (χ4v) is 4.55. The Kier molecular flexibility index (Phi) is 4.85. The molecule has 1 saturated heterocycles.